The molecule has 0 aliphatic heterocycles. The molecule has 4 aliphatic rings. The van der Waals surface area contributed by atoms with Gasteiger partial charge in [0.2, 0.25) is 5.91 Å². The fourth-order valence-corrected chi connectivity index (χ4v) is 5.31. The molecule has 2 unspecified atom stereocenters. The van der Waals surface area contributed by atoms with Crippen LogP contribution in [0.5, 0.6) is 5.75 Å². The molecule has 4 nitrogen and oxygen atoms in total. The average molecular weight is 312 g/mol. The second-order valence-electron chi connectivity index (χ2n) is 7.83. The first kappa shape index (κ1) is 14.7. The summed E-state index contributed by atoms with van der Waals surface area (Å²) in [5.74, 6) is 2.59. The van der Waals surface area contributed by atoms with Gasteiger partial charge in [-0.05, 0) is 79.7 Å². The van der Waals surface area contributed by atoms with Crippen LogP contribution in [-0.2, 0) is 4.79 Å². The Morgan fingerprint density at radius 1 is 1.09 bits per heavy atom. The minimum absolute atomic E-state index is 0.119. The molecule has 0 heterocycles. The van der Waals surface area contributed by atoms with Crippen LogP contribution >= 0.6 is 0 Å². The topological polar surface area (TPSA) is 61.7 Å². The van der Waals surface area contributed by atoms with E-state index in [1.54, 1.807) is 30.5 Å². The summed E-state index contributed by atoms with van der Waals surface area (Å²) in [6.07, 6.45) is 10.1. The van der Waals surface area contributed by atoms with Crippen molar-refractivity contribution in [1.29, 1.82) is 0 Å². The second-order valence-corrected chi connectivity index (χ2v) is 7.83. The van der Waals surface area contributed by atoms with E-state index in [1.165, 1.54) is 25.7 Å². The molecule has 1 aromatic carbocycles. The van der Waals surface area contributed by atoms with E-state index in [4.69, 9.17) is 0 Å². The summed E-state index contributed by atoms with van der Waals surface area (Å²) >= 11 is 0. The normalized spacial score (nSPS) is 35.4. The molecule has 1 aromatic rings. The molecule has 0 spiro atoms. The van der Waals surface area contributed by atoms with Crippen molar-refractivity contribution in [3.63, 3.8) is 0 Å². The number of phenols is 1. The number of carbonyl (C=O) groups is 1. The van der Waals surface area contributed by atoms with Crippen molar-refractivity contribution in [1.82, 2.24) is 5.43 Å². The number of nitrogens with zero attached hydrogens (tertiary/aromatic N) is 1. The lowest BCUT2D eigenvalue weighted by molar-refractivity contribution is -0.138. The highest BCUT2D eigenvalue weighted by molar-refractivity contribution is 5.85. The number of hydrazone groups is 1. The minimum atomic E-state index is -0.167. The van der Waals surface area contributed by atoms with E-state index in [-0.39, 0.29) is 17.1 Å². The Bertz CT molecular complexity index is 607. The van der Waals surface area contributed by atoms with Gasteiger partial charge in [-0.1, -0.05) is 12.8 Å². The fourth-order valence-electron chi connectivity index (χ4n) is 5.31. The van der Waals surface area contributed by atoms with Gasteiger partial charge in [-0.15, -0.1) is 0 Å². The highest BCUT2D eigenvalue weighted by Gasteiger charge is 2.52. The van der Waals surface area contributed by atoms with Gasteiger partial charge < -0.3 is 5.11 Å². The van der Waals surface area contributed by atoms with Gasteiger partial charge in [0.25, 0.3) is 0 Å². The molecular weight excluding hydrogens is 288 g/mol. The first-order valence-electron chi connectivity index (χ1n) is 8.75. The first-order chi connectivity index (χ1) is 11.1. The molecule has 122 valence electrons. The standard InChI is InChI=1S/C19H24N2O2/c22-17-5-3-13(4-6-17)12-20-21-18(23)19-9-14-1-2-15(10-19)8-16(7-14)11-19/h3-6,12,14-16,22H,1-2,7-11H2,(H,21,23). The minimum Gasteiger partial charge on any atom is -0.508 e. The van der Waals surface area contributed by atoms with Gasteiger partial charge in [0.15, 0.2) is 0 Å². The molecule has 1 amide bonds. The molecule has 2 N–H and O–H groups in total. The van der Waals surface area contributed by atoms with Gasteiger partial charge in [-0.3, -0.25) is 4.79 Å². The smallest absolute Gasteiger partial charge is 0.246 e. The number of fused-ring (bicyclic) bond motifs is 1. The average Bonchev–Trinajstić information content (AvgIpc) is 2.75. The summed E-state index contributed by atoms with van der Waals surface area (Å²) < 4.78 is 0. The molecule has 4 heteroatoms. The molecule has 23 heavy (non-hydrogen) atoms. The number of nitrogens with one attached hydrogen (secondary N) is 1. The molecule has 4 fully saturated rings. The van der Waals surface area contributed by atoms with Crippen LogP contribution in [0.15, 0.2) is 29.4 Å². The summed E-state index contributed by atoms with van der Waals surface area (Å²) in [5.41, 5.74) is 3.50. The Morgan fingerprint density at radius 2 is 1.70 bits per heavy atom. The summed E-state index contributed by atoms with van der Waals surface area (Å²) in [6, 6.07) is 6.79. The molecule has 4 bridgehead atoms. The third-order valence-electron chi connectivity index (χ3n) is 6.11. The third-order valence-corrected chi connectivity index (χ3v) is 6.11. The van der Waals surface area contributed by atoms with E-state index in [2.05, 4.69) is 10.5 Å². The highest BCUT2D eigenvalue weighted by Crippen LogP contribution is 2.57. The molecule has 4 aliphatic carbocycles. The van der Waals surface area contributed by atoms with Gasteiger partial charge in [0.1, 0.15) is 5.75 Å². The number of rotatable bonds is 3. The van der Waals surface area contributed by atoms with Gasteiger partial charge in [0, 0.05) is 0 Å². The van der Waals surface area contributed by atoms with Crippen molar-refractivity contribution < 1.29 is 9.90 Å². The zero-order valence-electron chi connectivity index (χ0n) is 13.4. The van der Waals surface area contributed by atoms with Crippen molar-refractivity contribution in [2.24, 2.45) is 28.3 Å². The molecule has 5 rings (SSSR count). The zero-order chi connectivity index (χ0) is 15.9. The van der Waals surface area contributed by atoms with Crippen LogP contribution in [0.4, 0.5) is 0 Å². The molecule has 4 saturated carbocycles. The zero-order valence-corrected chi connectivity index (χ0v) is 13.4. The molecular formula is C19H24N2O2. The van der Waals surface area contributed by atoms with Crippen molar-refractivity contribution in [2.45, 2.75) is 44.9 Å². The van der Waals surface area contributed by atoms with Crippen LogP contribution in [-0.4, -0.2) is 17.2 Å². The van der Waals surface area contributed by atoms with E-state index in [1.807, 2.05) is 0 Å². The quantitative estimate of drug-likeness (QED) is 0.663. The van der Waals surface area contributed by atoms with Crippen molar-refractivity contribution in [3.05, 3.63) is 29.8 Å². The summed E-state index contributed by atoms with van der Waals surface area (Å²) in [5, 5.41) is 13.4. The monoisotopic (exact) mass is 312 g/mol. The lowest BCUT2D eigenvalue weighted by Crippen LogP contribution is -2.47. The maximum atomic E-state index is 12.8. The molecule has 0 aromatic heterocycles. The Labute approximate surface area is 137 Å². The molecule has 0 saturated heterocycles. The number of amides is 1. The third kappa shape index (κ3) is 2.87. The summed E-state index contributed by atoms with van der Waals surface area (Å²) in [6.45, 7) is 0. The molecule has 0 radical (unpaired) electrons. The van der Waals surface area contributed by atoms with E-state index in [9.17, 15) is 9.90 Å². The van der Waals surface area contributed by atoms with E-state index in [0.29, 0.717) is 0 Å². The van der Waals surface area contributed by atoms with E-state index < -0.39 is 0 Å². The number of aromatic hydroxyl groups is 1. The van der Waals surface area contributed by atoms with Crippen LogP contribution in [0.1, 0.15) is 50.5 Å². The predicted octanol–water partition coefficient (Wildman–Crippen LogP) is 3.45. The maximum Gasteiger partial charge on any atom is 0.246 e. The number of carbonyl (C=O) groups excluding carboxylic acids is 1. The number of hydrogen-bond acceptors (Lipinski definition) is 3. The van der Waals surface area contributed by atoms with E-state index in [0.717, 1.165) is 42.6 Å². The summed E-state index contributed by atoms with van der Waals surface area (Å²) in [4.78, 5) is 12.8. The Morgan fingerprint density at radius 3 is 2.35 bits per heavy atom. The van der Waals surface area contributed by atoms with Crippen molar-refractivity contribution >= 4 is 12.1 Å². The SMILES string of the molecule is O=C(NN=Cc1ccc(O)cc1)C12CC3CCC(CC(C3)C1)C2. The van der Waals surface area contributed by atoms with Gasteiger partial charge in [-0.25, -0.2) is 5.43 Å². The Kier molecular flexibility index (Phi) is 3.63. The largest absolute Gasteiger partial charge is 0.508 e. The van der Waals surface area contributed by atoms with Crippen molar-refractivity contribution in [2.75, 3.05) is 0 Å². The van der Waals surface area contributed by atoms with Crippen LogP contribution in [0.25, 0.3) is 0 Å². The van der Waals surface area contributed by atoms with Crippen molar-refractivity contribution in [3.8, 4) is 5.75 Å². The Hall–Kier alpha value is -1.84. The van der Waals surface area contributed by atoms with Gasteiger partial charge >= 0.3 is 0 Å². The lowest BCUT2D eigenvalue weighted by Gasteiger charge is -2.46. The predicted molar refractivity (Wildman–Crippen MR) is 89.1 cm³/mol. The summed E-state index contributed by atoms with van der Waals surface area (Å²) in [7, 11) is 0. The maximum absolute atomic E-state index is 12.8. The van der Waals surface area contributed by atoms with E-state index >= 15 is 0 Å². The molecule has 2 atom stereocenters. The van der Waals surface area contributed by atoms with Crippen LogP contribution in [0.3, 0.4) is 0 Å². The van der Waals surface area contributed by atoms with Crippen LogP contribution < -0.4 is 5.43 Å². The number of benzene rings is 1. The fraction of sp³-hybridized carbons (Fsp3) is 0.579. The van der Waals surface area contributed by atoms with Gasteiger partial charge in [-0.2, -0.15) is 5.10 Å². The number of hydrogen-bond donors (Lipinski definition) is 2. The van der Waals surface area contributed by atoms with Crippen LogP contribution in [0, 0.1) is 23.2 Å². The highest BCUT2D eigenvalue weighted by atomic mass is 16.3. The second kappa shape index (κ2) is 5.66. The number of phenolic OH excluding ortho intramolecular Hbond substituents is 1. The Balaban J connectivity index is 1.45. The lowest BCUT2D eigenvalue weighted by atomic mass is 9.58. The first-order valence-corrected chi connectivity index (χ1v) is 8.75. The van der Waals surface area contributed by atoms with Gasteiger partial charge in [0.05, 0.1) is 11.6 Å². The van der Waals surface area contributed by atoms with Crippen LogP contribution in [0.2, 0.25) is 0 Å².